The van der Waals surface area contributed by atoms with E-state index in [9.17, 15) is 24.0 Å². The molecule has 2 aromatic rings. The van der Waals surface area contributed by atoms with Crippen molar-refractivity contribution >= 4 is 30.0 Å². The molecule has 0 saturated carbocycles. The number of hydroxylamine groups is 1. The normalized spacial score (nSPS) is 12.0. The maximum absolute atomic E-state index is 13.1. The standard InChI is InChI=1S/C39H61N7O8/c1-4-6-26-54-42-39(53)35(17-16-32-10-8-7-9-11-32)40-27-33-12-14-34(15-13-33)28-41-36(48)29-46(19-18-43(3)30-37(49)50)23-22-45(24-25-47)21-20-44(5-2)31-38(51)52/h7-15,25,35,40H,4-6,16-24,26-31H2,1-3H3,(H,41,48)(H,42,53)(H,49,50)(H,51,52)/t35-/m1/s1. The van der Waals surface area contributed by atoms with Crippen LogP contribution in [0.3, 0.4) is 0 Å². The van der Waals surface area contributed by atoms with Crippen LogP contribution < -0.4 is 16.1 Å². The molecule has 0 radical (unpaired) electrons. The number of hydrogen-bond donors (Lipinski definition) is 5. The second kappa shape index (κ2) is 27.4. The van der Waals surface area contributed by atoms with E-state index in [1.165, 1.54) is 0 Å². The molecule has 54 heavy (non-hydrogen) atoms. The summed E-state index contributed by atoms with van der Waals surface area (Å²) in [6, 6.07) is 17.4. The van der Waals surface area contributed by atoms with Gasteiger partial charge in [-0.15, -0.1) is 0 Å². The van der Waals surface area contributed by atoms with E-state index in [1.807, 2.05) is 71.3 Å². The topological polar surface area (TPSA) is 184 Å². The molecule has 0 spiro atoms. The van der Waals surface area contributed by atoms with Crippen LogP contribution in [0.1, 0.15) is 49.8 Å². The van der Waals surface area contributed by atoms with E-state index in [0.717, 1.165) is 42.2 Å². The number of carboxylic acids is 2. The largest absolute Gasteiger partial charge is 0.480 e. The number of amides is 2. The van der Waals surface area contributed by atoms with Crippen LogP contribution in [0.4, 0.5) is 0 Å². The first-order chi connectivity index (χ1) is 26.0. The van der Waals surface area contributed by atoms with Crippen molar-refractivity contribution < 1.29 is 39.0 Å². The number of carboxylic acid groups (broad SMARTS) is 2. The smallest absolute Gasteiger partial charge is 0.317 e. The van der Waals surface area contributed by atoms with E-state index in [4.69, 9.17) is 15.1 Å². The van der Waals surface area contributed by atoms with Crippen LogP contribution in [0.5, 0.6) is 0 Å². The van der Waals surface area contributed by atoms with Gasteiger partial charge in [-0.1, -0.05) is 74.9 Å². The molecule has 0 aliphatic rings. The molecule has 2 amide bonds. The number of aldehydes is 1. The van der Waals surface area contributed by atoms with Gasteiger partial charge in [-0.3, -0.25) is 43.6 Å². The number of nitrogens with one attached hydrogen (secondary N) is 3. The zero-order valence-corrected chi connectivity index (χ0v) is 32.2. The molecular weight excluding hydrogens is 694 g/mol. The van der Waals surface area contributed by atoms with E-state index < -0.39 is 18.0 Å². The number of hydrogen-bond acceptors (Lipinski definition) is 11. The number of benzene rings is 2. The van der Waals surface area contributed by atoms with E-state index >= 15 is 0 Å². The van der Waals surface area contributed by atoms with Crippen LogP contribution in [0.25, 0.3) is 0 Å². The Labute approximate surface area is 319 Å². The number of rotatable bonds is 31. The Bertz CT molecular complexity index is 1380. The first-order valence-corrected chi connectivity index (χ1v) is 18.8. The summed E-state index contributed by atoms with van der Waals surface area (Å²) in [7, 11) is 1.70. The van der Waals surface area contributed by atoms with Crippen LogP contribution in [0.15, 0.2) is 54.6 Å². The van der Waals surface area contributed by atoms with Crippen molar-refractivity contribution in [3.63, 3.8) is 0 Å². The molecule has 0 unspecified atom stereocenters. The maximum atomic E-state index is 13.1. The highest BCUT2D eigenvalue weighted by Crippen LogP contribution is 2.09. The SMILES string of the molecule is CCCCONC(=O)[C@@H](CCc1ccccc1)NCc1ccc(CNC(=O)CN(CCN(C)CC(=O)O)CCN(CC=O)CCN(CC)CC(=O)O)cc1. The van der Waals surface area contributed by atoms with Crippen LogP contribution >= 0.6 is 0 Å². The summed E-state index contributed by atoms with van der Waals surface area (Å²) < 4.78 is 0. The zero-order valence-electron chi connectivity index (χ0n) is 32.2. The van der Waals surface area contributed by atoms with Crippen molar-refractivity contribution in [2.45, 2.75) is 58.7 Å². The number of carbonyl (C=O) groups excluding carboxylic acids is 3. The molecule has 0 aromatic heterocycles. The van der Waals surface area contributed by atoms with E-state index in [1.54, 1.807) is 16.8 Å². The molecule has 2 rings (SSSR count). The minimum absolute atomic E-state index is 0.0759. The monoisotopic (exact) mass is 755 g/mol. The molecule has 0 saturated heterocycles. The van der Waals surface area contributed by atoms with Gasteiger partial charge in [-0.25, -0.2) is 5.48 Å². The third-order valence-electron chi connectivity index (χ3n) is 8.89. The van der Waals surface area contributed by atoms with Gasteiger partial charge in [0.15, 0.2) is 0 Å². The number of aryl methyl sites for hydroxylation is 1. The highest BCUT2D eigenvalue weighted by atomic mass is 16.6. The summed E-state index contributed by atoms with van der Waals surface area (Å²) in [6.07, 6.45) is 3.97. The molecular formula is C39H61N7O8. The second-order valence-corrected chi connectivity index (χ2v) is 13.4. The first kappa shape index (κ1) is 45.9. The van der Waals surface area contributed by atoms with Crippen LogP contribution in [0.2, 0.25) is 0 Å². The average Bonchev–Trinajstić information content (AvgIpc) is 3.15. The zero-order chi connectivity index (χ0) is 39.6. The van der Waals surface area contributed by atoms with Gasteiger partial charge in [0.05, 0.1) is 38.8 Å². The Morgan fingerprint density at radius 1 is 0.759 bits per heavy atom. The van der Waals surface area contributed by atoms with Gasteiger partial charge in [0.1, 0.15) is 6.29 Å². The summed E-state index contributed by atoms with van der Waals surface area (Å²) in [5.41, 5.74) is 5.63. The van der Waals surface area contributed by atoms with Gasteiger partial charge in [0, 0.05) is 52.4 Å². The van der Waals surface area contributed by atoms with Crippen LogP contribution in [-0.2, 0) is 48.3 Å². The van der Waals surface area contributed by atoms with Gasteiger partial charge < -0.3 is 25.6 Å². The van der Waals surface area contributed by atoms with E-state index in [0.29, 0.717) is 71.9 Å². The summed E-state index contributed by atoms with van der Waals surface area (Å²) in [5, 5.41) is 24.7. The lowest BCUT2D eigenvalue weighted by Gasteiger charge is -2.29. The summed E-state index contributed by atoms with van der Waals surface area (Å²) in [6.45, 7) is 8.51. The lowest BCUT2D eigenvalue weighted by molar-refractivity contribution is -0.139. The average molecular weight is 756 g/mol. The predicted octanol–water partition coefficient (Wildman–Crippen LogP) is 1.47. The van der Waals surface area contributed by atoms with Crippen LogP contribution in [-0.4, -0.2) is 152 Å². The van der Waals surface area contributed by atoms with Gasteiger partial charge in [0.25, 0.3) is 5.91 Å². The molecule has 0 aliphatic carbocycles. The lowest BCUT2D eigenvalue weighted by atomic mass is 10.0. The third-order valence-corrected chi connectivity index (χ3v) is 8.89. The second-order valence-electron chi connectivity index (χ2n) is 13.4. The molecule has 300 valence electrons. The Hall–Kier alpha value is -4.25. The molecule has 0 bridgehead atoms. The quantitative estimate of drug-likeness (QED) is 0.0424. The molecule has 5 N–H and O–H groups in total. The van der Waals surface area contributed by atoms with Crippen LogP contribution in [0, 0.1) is 0 Å². The van der Waals surface area contributed by atoms with Crippen molar-refractivity contribution in [3.8, 4) is 0 Å². The number of likely N-dealkylation sites (N-methyl/N-ethyl adjacent to an activating group) is 2. The third kappa shape index (κ3) is 20.8. The molecule has 0 fully saturated rings. The molecule has 0 aliphatic heterocycles. The highest BCUT2D eigenvalue weighted by Gasteiger charge is 2.19. The minimum Gasteiger partial charge on any atom is -0.480 e. The van der Waals surface area contributed by atoms with Crippen molar-refractivity contribution in [1.29, 1.82) is 0 Å². The predicted molar refractivity (Wildman–Crippen MR) is 207 cm³/mol. The summed E-state index contributed by atoms with van der Waals surface area (Å²) >= 11 is 0. The molecule has 0 heterocycles. The fraction of sp³-hybridized carbons (Fsp3) is 0.564. The molecule has 15 nitrogen and oxygen atoms in total. The van der Waals surface area contributed by atoms with E-state index in [-0.39, 0.29) is 38.0 Å². The Morgan fingerprint density at radius 3 is 1.98 bits per heavy atom. The number of nitrogens with zero attached hydrogens (tertiary/aromatic N) is 4. The molecule has 15 heteroatoms. The molecule has 2 aromatic carbocycles. The van der Waals surface area contributed by atoms with Crippen molar-refractivity contribution in [2.24, 2.45) is 0 Å². The fourth-order valence-electron chi connectivity index (χ4n) is 5.56. The van der Waals surface area contributed by atoms with Gasteiger partial charge in [0.2, 0.25) is 5.91 Å². The number of aliphatic carboxylic acids is 2. The Morgan fingerprint density at radius 2 is 1.37 bits per heavy atom. The first-order valence-electron chi connectivity index (χ1n) is 18.8. The number of carbonyl (C=O) groups is 5. The van der Waals surface area contributed by atoms with Gasteiger partial charge in [-0.05, 0) is 49.5 Å². The van der Waals surface area contributed by atoms with Gasteiger partial charge in [-0.2, -0.15) is 0 Å². The van der Waals surface area contributed by atoms with Crippen molar-refractivity contribution in [2.75, 3.05) is 85.6 Å². The summed E-state index contributed by atoms with van der Waals surface area (Å²) in [4.78, 5) is 72.4. The van der Waals surface area contributed by atoms with Crippen molar-refractivity contribution in [3.05, 3.63) is 71.3 Å². The maximum Gasteiger partial charge on any atom is 0.317 e. The number of unbranched alkanes of at least 4 members (excludes halogenated alkanes) is 1. The summed E-state index contributed by atoms with van der Waals surface area (Å²) in [5.74, 6) is -2.26. The minimum atomic E-state index is -0.941. The fourth-order valence-corrected chi connectivity index (χ4v) is 5.56. The molecule has 1 atom stereocenters. The van der Waals surface area contributed by atoms with Gasteiger partial charge >= 0.3 is 11.9 Å². The Kier molecular flexibility index (Phi) is 23.3. The Balaban J connectivity index is 1.95. The highest BCUT2D eigenvalue weighted by molar-refractivity contribution is 5.80. The lowest BCUT2D eigenvalue weighted by Crippen LogP contribution is -2.46. The van der Waals surface area contributed by atoms with E-state index in [2.05, 4.69) is 23.0 Å². The van der Waals surface area contributed by atoms with Crippen molar-refractivity contribution in [1.82, 2.24) is 35.7 Å².